The first-order valence-electron chi connectivity index (χ1n) is 9.11. The lowest BCUT2D eigenvalue weighted by Crippen LogP contribution is -2.45. The minimum atomic E-state index is 0. The van der Waals surface area contributed by atoms with Crippen LogP contribution in [-0.4, -0.2) is 49.1 Å². The van der Waals surface area contributed by atoms with E-state index in [0.717, 1.165) is 37.7 Å². The Morgan fingerprint density at radius 3 is 2.52 bits per heavy atom. The van der Waals surface area contributed by atoms with Crippen molar-refractivity contribution in [3.05, 3.63) is 51.5 Å². The summed E-state index contributed by atoms with van der Waals surface area (Å²) in [7, 11) is 3.97. The van der Waals surface area contributed by atoms with E-state index in [9.17, 15) is 0 Å². The molecule has 0 spiro atoms. The predicted octanol–water partition coefficient (Wildman–Crippen LogP) is 3.61. The number of aromatic nitrogens is 1. The lowest BCUT2D eigenvalue weighted by molar-refractivity contribution is 0.249. The molecule has 150 valence electrons. The van der Waals surface area contributed by atoms with Crippen molar-refractivity contribution in [2.24, 2.45) is 4.99 Å². The molecule has 27 heavy (non-hydrogen) atoms. The third-order valence-electron chi connectivity index (χ3n) is 4.52. The van der Waals surface area contributed by atoms with E-state index in [1.54, 1.807) is 11.3 Å². The highest BCUT2D eigenvalue weighted by atomic mass is 127. The van der Waals surface area contributed by atoms with Crippen molar-refractivity contribution in [1.82, 2.24) is 20.5 Å². The Balaban J connectivity index is 0.00000364. The molecule has 0 aliphatic heterocycles. The molecular formula is C20H32IN5S. The molecule has 0 fully saturated rings. The average molecular weight is 501 g/mol. The highest BCUT2D eigenvalue weighted by Crippen LogP contribution is 2.16. The Bertz CT molecular complexity index is 682. The molecular weight excluding hydrogens is 469 g/mol. The average Bonchev–Trinajstić information content (AvgIpc) is 2.96. The number of likely N-dealkylation sites (N-methyl/N-ethyl adjacent to an activating group) is 1. The number of benzene rings is 1. The van der Waals surface area contributed by atoms with Gasteiger partial charge in [0.15, 0.2) is 5.96 Å². The van der Waals surface area contributed by atoms with Crippen LogP contribution in [0.2, 0.25) is 0 Å². The Morgan fingerprint density at radius 2 is 1.93 bits per heavy atom. The second-order valence-electron chi connectivity index (χ2n) is 6.63. The lowest BCUT2D eigenvalue weighted by Gasteiger charge is -2.25. The Morgan fingerprint density at radius 1 is 1.22 bits per heavy atom. The normalized spacial score (nSPS) is 12.6. The summed E-state index contributed by atoms with van der Waals surface area (Å²) in [5.41, 5.74) is 2.47. The zero-order valence-electron chi connectivity index (χ0n) is 17.0. The van der Waals surface area contributed by atoms with E-state index in [-0.39, 0.29) is 24.0 Å². The van der Waals surface area contributed by atoms with Crippen LogP contribution in [0.25, 0.3) is 0 Å². The van der Waals surface area contributed by atoms with Gasteiger partial charge in [-0.05, 0) is 33.4 Å². The number of aryl methyl sites for hydroxylation is 2. The van der Waals surface area contributed by atoms with Gasteiger partial charge >= 0.3 is 0 Å². The van der Waals surface area contributed by atoms with E-state index in [1.807, 2.05) is 7.05 Å². The van der Waals surface area contributed by atoms with Crippen LogP contribution in [0.1, 0.15) is 28.1 Å². The summed E-state index contributed by atoms with van der Waals surface area (Å²) in [4.78, 5) is 12.5. The van der Waals surface area contributed by atoms with Gasteiger partial charge in [0.05, 0.1) is 10.7 Å². The van der Waals surface area contributed by atoms with Crippen LogP contribution in [0.3, 0.4) is 0 Å². The number of rotatable bonds is 8. The molecule has 2 aromatic rings. The molecule has 0 aliphatic carbocycles. The largest absolute Gasteiger partial charge is 0.356 e. The maximum atomic E-state index is 4.58. The highest BCUT2D eigenvalue weighted by Gasteiger charge is 2.10. The van der Waals surface area contributed by atoms with Crippen LogP contribution in [0, 0.1) is 13.8 Å². The van der Waals surface area contributed by atoms with E-state index in [0.29, 0.717) is 6.04 Å². The smallest absolute Gasteiger partial charge is 0.191 e. The highest BCUT2D eigenvalue weighted by molar-refractivity contribution is 14.0. The van der Waals surface area contributed by atoms with Crippen LogP contribution >= 0.6 is 35.3 Å². The zero-order valence-corrected chi connectivity index (χ0v) is 20.1. The number of aliphatic imine (C=N–C) groups is 1. The molecule has 0 saturated carbocycles. The Hall–Kier alpha value is -1.19. The monoisotopic (exact) mass is 501 g/mol. The fraction of sp³-hybridized carbons (Fsp3) is 0.500. The summed E-state index contributed by atoms with van der Waals surface area (Å²) >= 11 is 1.78. The number of thiazole rings is 1. The molecule has 2 N–H and O–H groups in total. The minimum absolute atomic E-state index is 0. The molecule has 1 aromatic heterocycles. The third-order valence-corrected chi connectivity index (χ3v) is 5.65. The van der Waals surface area contributed by atoms with E-state index in [4.69, 9.17) is 0 Å². The van der Waals surface area contributed by atoms with Crippen molar-refractivity contribution in [1.29, 1.82) is 0 Å². The minimum Gasteiger partial charge on any atom is -0.356 e. The molecule has 0 saturated heterocycles. The molecule has 7 heteroatoms. The maximum Gasteiger partial charge on any atom is 0.191 e. The van der Waals surface area contributed by atoms with Crippen molar-refractivity contribution in [3.8, 4) is 0 Å². The Labute approximate surface area is 184 Å². The van der Waals surface area contributed by atoms with Crippen LogP contribution in [0.5, 0.6) is 0 Å². The topological polar surface area (TPSA) is 52.6 Å². The van der Waals surface area contributed by atoms with Crippen molar-refractivity contribution in [2.75, 3.05) is 27.2 Å². The SMILES string of the molecule is CN=C(NCCc1nc(C)c(C)s1)NCC(C)N(C)Cc1ccccc1.I. The van der Waals surface area contributed by atoms with Crippen LogP contribution in [0.4, 0.5) is 0 Å². The first-order valence-corrected chi connectivity index (χ1v) is 9.92. The van der Waals surface area contributed by atoms with Gasteiger partial charge in [-0.15, -0.1) is 35.3 Å². The zero-order chi connectivity index (χ0) is 18.9. The van der Waals surface area contributed by atoms with Gasteiger partial charge in [-0.1, -0.05) is 30.3 Å². The first-order chi connectivity index (χ1) is 12.5. The van der Waals surface area contributed by atoms with Crippen molar-refractivity contribution < 1.29 is 0 Å². The van der Waals surface area contributed by atoms with Gasteiger partial charge < -0.3 is 10.6 Å². The molecule has 1 unspecified atom stereocenters. The summed E-state index contributed by atoms with van der Waals surface area (Å²) in [5.74, 6) is 0.843. The molecule has 0 bridgehead atoms. The van der Waals surface area contributed by atoms with Crippen molar-refractivity contribution in [3.63, 3.8) is 0 Å². The predicted molar refractivity (Wildman–Crippen MR) is 127 cm³/mol. The molecule has 1 aromatic carbocycles. The quantitative estimate of drug-likeness (QED) is 0.330. The van der Waals surface area contributed by atoms with Crippen LogP contribution in [0.15, 0.2) is 35.3 Å². The summed E-state index contributed by atoms with van der Waals surface area (Å²) in [5, 5.41) is 7.98. The van der Waals surface area contributed by atoms with E-state index in [2.05, 4.69) is 83.7 Å². The first kappa shape index (κ1) is 23.8. The second kappa shape index (κ2) is 12.3. The van der Waals surface area contributed by atoms with Gasteiger partial charge in [0.1, 0.15) is 0 Å². The third kappa shape index (κ3) is 8.15. The van der Waals surface area contributed by atoms with Gasteiger partial charge in [-0.3, -0.25) is 9.89 Å². The number of hydrogen-bond acceptors (Lipinski definition) is 4. The fourth-order valence-corrected chi connectivity index (χ4v) is 3.52. The number of nitrogens with zero attached hydrogens (tertiary/aromatic N) is 3. The van der Waals surface area contributed by atoms with Gasteiger partial charge in [0, 0.05) is 44.0 Å². The van der Waals surface area contributed by atoms with Crippen molar-refractivity contribution >= 4 is 41.3 Å². The number of halogens is 1. The number of nitrogens with one attached hydrogen (secondary N) is 2. The Kier molecular flexibility index (Phi) is 10.9. The summed E-state index contributed by atoms with van der Waals surface area (Å²) in [6.07, 6.45) is 0.920. The van der Waals surface area contributed by atoms with E-state index < -0.39 is 0 Å². The molecule has 1 heterocycles. The second-order valence-corrected chi connectivity index (χ2v) is 7.92. The summed E-state index contributed by atoms with van der Waals surface area (Å²) in [6, 6.07) is 11.0. The molecule has 0 amide bonds. The lowest BCUT2D eigenvalue weighted by atomic mass is 10.2. The standard InChI is InChI=1S/C20H31N5S.HI/c1-15(25(5)14-18-9-7-6-8-10-18)13-23-20(21-4)22-12-11-19-24-16(2)17(3)26-19;/h6-10,15H,11-14H2,1-5H3,(H2,21,22,23);1H. The number of hydrogen-bond donors (Lipinski definition) is 2. The molecule has 2 rings (SSSR count). The molecule has 0 radical (unpaired) electrons. The van der Waals surface area contributed by atoms with E-state index in [1.165, 1.54) is 15.4 Å². The van der Waals surface area contributed by atoms with E-state index >= 15 is 0 Å². The molecule has 0 aliphatic rings. The molecule has 5 nitrogen and oxygen atoms in total. The summed E-state index contributed by atoms with van der Waals surface area (Å²) < 4.78 is 0. The van der Waals surface area contributed by atoms with Gasteiger partial charge in [-0.2, -0.15) is 0 Å². The van der Waals surface area contributed by atoms with Crippen molar-refractivity contribution in [2.45, 2.75) is 39.8 Å². The fourth-order valence-electron chi connectivity index (χ4n) is 2.58. The van der Waals surface area contributed by atoms with Gasteiger partial charge in [-0.25, -0.2) is 4.98 Å². The van der Waals surface area contributed by atoms with Crippen LogP contribution < -0.4 is 10.6 Å². The van der Waals surface area contributed by atoms with Crippen LogP contribution in [-0.2, 0) is 13.0 Å². The number of guanidine groups is 1. The van der Waals surface area contributed by atoms with Gasteiger partial charge in [0.25, 0.3) is 0 Å². The summed E-state index contributed by atoms with van der Waals surface area (Å²) in [6.45, 7) is 9.04. The maximum absolute atomic E-state index is 4.58. The molecule has 1 atom stereocenters. The van der Waals surface area contributed by atoms with Gasteiger partial charge in [0.2, 0.25) is 0 Å².